The van der Waals surface area contributed by atoms with E-state index in [1.807, 2.05) is 0 Å². The van der Waals surface area contributed by atoms with Gasteiger partial charge in [-0.25, -0.2) is 0 Å². The number of fused-ring (bicyclic) bond motifs is 3. The first-order chi connectivity index (χ1) is 11.7. The summed E-state index contributed by atoms with van der Waals surface area (Å²) in [5.74, 6) is 0.423. The first kappa shape index (κ1) is 14.7. The van der Waals surface area contributed by atoms with Crippen LogP contribution in [-0.4, -0.2) is 28.5 Å². The van der Waals surface area contributed by atoms with Crippen LogP contribution in [0.15, 0.2) is 24.3 Å². The van der Waals surface area contributed by atoms with Crippen molar-refractivity contribution in [2.24, 2.45) is 11.3 Å². The van der Waals surface area contributed by atoms with Crippen molar-refractivity contribution in [3.8, 4) is 0 Å². The highest BCUT2D eigenvalue weighted by Gasteiger charge is 2.52. The van der Waals surface area contributed by atoms with Crippen molar-refractivity contribution in [2.75, 3.05) is 13.1 Å². The minimum absolute atomic E-state index is 0.107. The van der Waals surface area contributed by atoms with Crippen LogP contribution >= 0.6 is 0 Å². The van der Waals surface area contributed by atoms with Gasteiger partial charge in [0.15, 0.2) is 0 Å². The summed E-state index contributed by atoms with van der Waals surface area (Å²) in [6.07, 6.45) is 5.84. The number of aromatic nitrogens is 1. The summed E-state index contributed by atoms with van der Waals surface area (Å²) in [5.41, 5.74) is 4.21. The Labute approximate surface area is 143 Å². The van der Waals surface area contributed by atoms with Crippen LogP contribution in [0.25, 0.3) is 10.9 Å². The van der Waals surface area contributed by atoms with E-state index in [0.717, 1.165) is 24.9 Å². The number of carbonyl (C=O) groups is 1. The molecule has 3 aliphatic rings. The van der Waals surface area contributed by atoms with Gasteiger partial charge in [0, 0.05) is 23.5 Å². The molecule has 3 atom stereocenters. The largest absolute Gasteiger partial charge is 0.294 e. The number of piperidine rings is 1. The molecule has 1 aromatic carbocycles. The highest BCUT2D eigenvalue weighted by atomic mass is 16.2. The van der Waals surface area contributed by atoms with E-state index in [1.54, 1.807) is 0 Å². The average Bonchev–Trinajstić information content (AvgIpc) is 2.90. The van der Waals surface area contributed by atoms with E-state index < -0.39 is 0 Å². The van der Waals surface area contributed by atoms with Crippen molar-refractivity contribution >= 4 is 16.8 Å². The summed E-state index contributed by atoms with van der Waals surface area (Å²) in [6.45, 7) is 6.83. The van der Waals surface area contributed by atoms with E-state index in [9.17, 15) is 4.79 Å². The molecule has 1 fully saturated rings. The van der Waals surface area contributed by atoms with Crippen LogP contribution in [0.5, 0.6) is 0 Å². The van der Waals surface area contributed by atoms with Gasteiger partial charge in [-0.15, -0.1) is 0 Å². The Hall–Kier alpha value is -1.61. The minimum atomic E-state index is 0.107. The summed E-state index contributed by atoms with van der Waals surface area (Å²) in [7, 11) is 0. The van der Waals surface area contributed by atoms with Gasteiger partial charge in [-0.05, 0) is 55.7 Å². The van der Waals surface area contributed by atoms with E-state index in [2.05, 4.69) is 47.6 Å². The Bertz CT molecular complexity index is 836. The van der Waals surface area contributed by atoms with Crippen LogP contribution < -0.4 is 0 Å². The van der Waals surface area contributed by atoms with E-state index >= 15 is 0 Å². The van der Waals surface area contributed by atoms with E-state index in [1.165, 1.54) is 42.5 Å². The second-order valence-corrected chi connectivity index (χ2v) is 8.17. The van der Waals surface area contributed by atoms with Gasteiger partial charge in [0.2, 0.25) is 5.91 Å². The van der Waals surface area contributed by atoms with Crippen LogP contribution in [0.1, 0.15) is 61.6 Å². The third-order valence-electron chi connectivity index (χ3n) is 7.05. The molecule has 4 heterocycles. The number of rotatable bonds is 1. The minimum Gasteiger partial charge on any atom is -0.294 e. The molecule has 0 unspecified atom stereocenters. The molecule has 126 valence electrons. The van der Waals surface area contributed by atoms with Gasteiger partial charge in [0.1, 0.15) is 0 Å². The fourth-order valence-corrected chi connectivity index (χ4v) is 6.01. The van der Waals surface area contributed by atoms with Gasteiger partial charge in [-0.3, -0.25) is 14.3 Å². The smallest absolute Gasteiger partial charge is 0.234 e. The molecule has 2 aromatic rings. The van der Waals surface area contributed by atoms with Crippen LogP contribution in [-0.2, 0) is 6.42 Å². The maximum Gasteiger partial charge on any atom is 0.234 e. The SMILES string of the molecule is CC[C@]12CCCN3CCc4c(n(c5ccccc45)C(=O)[C@@H](C)C1)[C@@H]32. The Balaban J connectivity index is 1.89. The zero-order chi connectivity index (χ0) is 16.5. The Kier molecular flexibility index (Phi) is 3.03. The highest BCUT2D eigenvalue weighted by molar-refractivity contribution is 5.97. The fraction of sp³-hybridized carbons (Fsp3) is 0.571. The van der Waals surface area contributed by atoms with Gasteiger partial charge in [0.25, 0.3) is 0 Å². The standard InChI is InChI=1S/C21H26N2O/c1-3-21-10-6-11-22-12-9-16-15-7-4-5-8-17(15)23(18(16)19(21)22)20(24)14(2)13-21/h4-5,7-8,14,19H,3,6,9-13H2,1-2H3/t14-,19+,21-/m0/s1. The van der Waals surface area contributed by atoms with Gasteiger partial charge in [-0.2, -0.15) is 0 Å². The predicted octanol–water partition coefficient (Wildman–Crippen LogP) is 4.41. The first-order valence-electron chi connectivity index (χ1n) is 9.57. The normalized spacial score (nSPS) is 32.7. The lowest BCUT2D eigenvalue weighted by Crippen LogP contribution is -2.49. The molecule has 3 heteroatoms. The van der Waals surface area contributed by atoms with E-state index in [-0.39, 0.29) is 11.3 Å². The maximum atomic E-state index is 13.3. The van der Waals surface area contributed by atoms with Gasteiger partial charge in [-0.1, -0.05) is 32.0 Å². The summed E-state index contributed by atoms with van der Waals surface area (Å²) in [4.78, 5) is 16.0. The van der Waals surface area contributed by atoms with Crippen molar-refractivity contribution in [1.82, 2.24) is 9.47 Å². The molecule has 0 saturated carbocycles. The number of para-hydroxylation sites is 1. The van der Waals surface area contributed by atoms with Crippen molar-refractivity contribution < 1.29 is 4.79 Å². The second-order valence-electron chi connectivity index (χ2n) is 8.17. The van der Waals surface area contributed by atoms with Crippen LogP contribution in [0, 0.1) is 11.3 Å². The van der Waals surface area contributed by atoms with Gasteiger partial charge in [0.05, 0.1) is 11.6 Å². The molecule has 0 N–H and O–H groups in total. The molecule has 5 rings (SSSR count). The van der Waals surface area contributed by atoms with Crippen molar-refractivity contribution in [3.05, 3.63) is 35.5 Å². The lowest BCUT2D eigenvalue weighted by atomic mass is 9.65. The Morgan fingerprint density at radius 2 is 2.08 bits per heavy atom. The molecule has 0 spiro atoms. The Morgan fingerprint density at radius 1 is 1.25 bits per heavy atom. The molecular weight excluding hydrogens is 296 g/mol. The molecule has 0 amide bonds. The van der Waals surface area contributed by atoms with Crippen molar-refractivity contribution in [1.29, 1.82) is 0 Å². The number of carbonyl (C=O) groups excluding carboxylic acids is 1. The lowest BCUT2D eigenvalue weighted by Gasteiger charge is -2.51. The van der Waals surface area contributed by atoms with Crippen molar-refractivity contribution in [2.45, 2.75) is 52.0 Å². The van der Waals surface area contributed by atoms with E-state index in [4.69, 9.17) is 0 Å². The monoisotopic (exact) mass is 322 g/mol. The maximum absolute atomic E-state index is 13.3. The summed E-state index contributed by atoms with van der Waals surface area (Å²) >= 11 is 0. The molecule has 0 aliphatic carbocycles. The zero-order valence-corrected chi connectivity index (χ0v) is 14.7. The molecule has 3 nitrogen and oxygen atoms in total. The molecule has 0 bridgehead atoms. The topological polar surface area (TPSA) is 25.2 Å². The van der Waals surface area contributed by atoms with Crippen LogP contribution in [0.2, 0.25) is 0 Å². The summed E-state index contributed by atoms with van der Waals surface area (Å²) in [5, 5.41) is 1.31. The molecule has 0 radical (unpaired) electrons. The number of benzene rings is 1. The van der Waals surface area contributed by atoms with E-state index in [0.29, 0.717) is 11.9 Å². The predicted molar refractivity (Wildman–Crippen MR) is 96.3 cm³/mol. The Morgan fingerprint density at radius 3 is 2.92 bits per heavy atom. The first-order valence-corrected chi connectivity index (χ1v) is 9.57. The second kappa shape index (κ2) is 4.95. The summed E-state index contributed by atoms with van der Waals surface area (Å²) in [6, 6.07) is 8.99. The van der Waals surface area contributed by atoms with Crippen LogP contribution in [0.4, 0.5) is 0 Å². The average molecular weight is 322 g/mol. The third kappa shape index (κ3) is 1.69. The molecule has 1 saturated heterocycles. The number of nitrogens with zero attached hydrogens (tertiary/aromatic N) is 2. The molecule has 24 heavy (non-hydrogen) atoms. The molecule has 3 aliphatic heterocycles. The highest BCUT2D eigenvalue weighted by Crippen LogP contribution is 2.56. The lowest BCUT2D eigenvalue weighted by molar-refractivity contribution is -0.0104. The van der Waals surface area contributed by atoms with Gasteiger partial charge >= 0.3 is 0 Å². The third-order valence-corrected chi connectivity index (χ3v) is 7.05. The summed E-state index contributed by atoms with van der Waals surface area (Å²) < 4.78 is 2.12. The zero-order valence-electron chi connectivity index (χ0n) is 14.7. The van der Waals surface area contributed by atoms with Gasteiger partial charge < -0.3 is 0 Å². The number of hydrogen-bond acceptors (Lipinski definition) is 2. The quantitative estimate of drug-likeness (QED) is 0.777. The van der Waals surface area contributed by atoms with Crippen LogP contribution in [0.3, 0.4) is 0 Å². The number of hydrogen-bond donors (Lipinski definition) is 0. The molecule has 1 aromatic heterocycles. The van der Waals surface area contributed by atoms with Crippen molar-refractivity contribution in [3.63, 3.8) is 0 Å². The fourth-order valence-electron chi connectivity index (χ4n) is 6.01. The molecular formula is C21H26N2O.